The lowest BCUT2D eigenvalue weighted by Gasteiger charge is -2.14. The fraction of sp³-hybridized carbons (Fsp3) is 0.278. The summed E-state index contributed by atoms with van der Waals surface area (Å²) in [7, 11) is 1.53. The molecule has 0 aromatic heterocycles. The van der Waals surface area contributed by atoms with Crippen LogP contribution in [-0.2, 0) is 4.79 Å². The number of carbonyl (C=O) groups excluding carboxylic acids is 1. The van der Waals surface area contributed by atoms with Crippen LogP contribution in [0.4, 0.5) is 4.39 Å². The lowest BCUT2D eigenvalue weighted by Crippen LogP contribution is -2.32. The quantitative estimate of drug-likeness (QED) is 0.816. The van der Waals surface area contributed by atoms with E-state index in [0.717, 1.165) is 5.56 Å². The zero-order valence-electron chi connectivity index (χ0n) is 13.6. The van der Waals surface area contributed by atoms with Gasteiger partial charge in [-0.2, -0.15) is 0 Å². The summed E-state index contributed by atoms with van der Waals surface area (Å²) in [6.07, 6.45) is -0.913. The fourth-order valence-electron chi connectivity index (χ4n) is 2.10. The first-order chi connectivity index (χ1) is 11.5. The van der Waals surface area contributed by atoms with E-state index in [4.69, 9.17) is 9.47 Å². The van der Waals surface area contributed by atoms with Crippen LogP contribution in [0.5, 0.6) is 11.5 Å². The number of amides is 1. The van der Waals surface area contributed by atoms with Crippen LogP contribution in [0.3, 0.4) is 0 Å². The van der Waals surface area contributed by atoms with Crippen molar-refractivity contribution in [3.8, 4) is 11.5 Å². The molecule has 128 valence electrons. The third-order valence-corrected chi connectivity index (χ3v) is 3.43. The second kappa shape index (κ2) is 8.31. The molecule has 1 unspecified atom stereocenters. The van der Waals surface area contributed by atoms with Crippen molar-refractivity contribution < 1.29 is 23.8 Å². The van der Waals surface area contributed by atoms with E-state index < -0.39 is 6.10 Å². The van der Waals surface area contributed by atoms with Crippen LogP contribution in [-0.4, -0.2) is 31.3 Å². The van der Waals surface area contributed by atoms with Crippen molar-refractivity contribution in [2.24, 2.45) is 0 Å². The Labute approximate surface area is 140 Å². The lowest BCUT2D eigenvalue weighted by atomic mass is 10.1. The zero-order chi connectivity index (χ0) is 17.5. The summed E-state index contributed by atoms with van der Waals surface area (Å²) in [5, 5.41) is 12.5. The second-order valence-corrected chi connectivity index (χ2v) is 5.31. The Bertz CT molecular complexity index is 688. The molecule has 0 aliphatic heterocycles. The molecular weight excluding hydrogens is 313 g/mol. The molecule has 0 aliphatic rings. The normalized spacial score (nSPS) is 11.7. The highest BCUT2D eigenvalue weighted by molar-refractivity contribution is 5.77. The van der Waals surface area contributed by atoms with E-state index in [1.165, 1.54) is 31.4 Å². The van der Waals surface area contributed by atoms with E-state index in [1.54, 1.807) is 6.07 Å². The number of benzene rings is 2. The molecular formula is C18H20FNO4. The summed E-state index contributed by atoms with van der Waals surface area (Å²) >= 11 is 0. The smallest absolute Gasteiger partial charge is 0.258 e. The predicted molar refractivity (Wildman–Crippen MR) is 87.6 cm³/mol. The molecule has 2 rings (SSSR count). The van der Waals surface area contributed by atoms with Gasteiger partial charge < -0.3 is 19.9 Å². The summed E-state index contributed by atoms with van der Waals surface area (Å²) in [6.45, 7) is 1.74. The third kappa shape index (κ3) is 4.96. The van der Waals surface area contributed by atoms with Crippen LogP contribution in [0, 0.1) is 12.7 Å². The second-order valence-electron chi connectivity index (χ2n) is 5.31. The number of hydrogen-bond acceptors (Lipinski definition) is 4. The van der Waals surface area contributed by atoms with Gasteiger partial charge in [0.15, 0.2) is 18.1 Å². The Balaban J connectivity index is 1.82. The van der Waals surface area contributed by atoms with Crippen molar-refractivity contribution in [1.29, 1.82) is 0 Å². The van der Waals surface area contributed by atoms with Crippen molar-refractivity contribution in [2.75, 3.05) is 20.3 Å². The molecule has 0 bridgehead atoms. The molecule has 1 atom stereocenters. The number of nitrogens with one attached hydrogen (secondary N) is 1. The highest BCUT2D eigenvalue weighted by atomic mass is 19.1. The maximum absolute atomic E-state index is 12.8. The molecule has 0 spiro atoms. The van der Waals surface area contributed by atoms with Gasteiger partial charge in [-0.1, -0.05) is 18.2 Å². The van der Waals surface area contributed by atoms with Crippen molar-refractivity contribution >= 4 is 5.91 Å². The molecule has 6 heteroatoms. The van der Waals surface area contributed by atoms with Crippen LogP contribution in [0.15, 0.2) is 42.5 Å². The van der Waals surface area contributed by atoms with Gasteiger partial charge in [0.2, 0.25) is 0 Å². The minimum absolute atomic E-state index is 0.0128. The minimum Gasteiger partial charge on any atom is -0.493 e. The zero-order valence-corrected chi connectivity index (χ0v) is 13.6. The van der Waals surface area contributed by atoms with Crippen LogP contribution in [0.1, 0.15) is 17.2 Å². The Kier molecular flexibility index (Phi) is 6.14. The third-order valence-electron chi connectivity index (χ3n) is 3.43. The van der Waals surface area contributed by atoms with Gasteiger partial charge in [0, 0.05) is 6.54 Å². The van der Waals surface area contributed by atoms with E-state index >= 15 is 0 Å². The van der Waals surface area contributed by atoms with Crippen molar-refractivity contribution in [3.05, 3.63) is 59.4 Å². The molecule has 1 amide bonds. The number of aliphatic hydroxyl groups excluding tert-OH is 1. The van der Waals surface area contributed by atoms with Crippen LogP contribution in [0.25, 0.3) is 0 Å². The Morgan fingerprint density at radius 2 is 1.92 bits per heavy atom. The largest absolute Gasteiger partial charge is 0.493 e. The molecule has 2 N–H and O–H groups in total. The SMILES string of the molecule is COc1cc(C)ccc1OCC(=O)NCC(O)c1ccc(F)cc1. The number of methoxy groups -OCH3 is 1. The Morgan fingerprint density at radius 1 is 1.21 bits per heavy atom. The first-order valence-corrected chi connectivity index (χ1v) is 7.47. The number of aliphatic hydroxyl groups is 1. The van der Waals surface area contributed by atoms with Crippen LogP contribution >= 0.6 is 0 Å². The minimum atomic E-state index is -0.913. The maximum Gasteiger partial charge on any atom is 0.258 e. The van der Waals surface area contributed by atoms with E-state index in [2.05, 4.69) is 5.32 Å². The van der Waals surface area contributed by atoms with Crippen molar-refractivity contribution in [1.82, 2.24) is 5.32 Å². The topological polar surface area (TPSA) is 67.8 Å². The molecule has 5 nitrogen and oxygen atoms in total. The Hall–Kier alpha value is -2.60. The first kappa shape index (κ1) is 17.7. The van der Waals surface area contributed by atoms with Gasteiger partial charge >= 0.3 is 0 Å². The first-order valence-electron chi connectivity index (χ1n) is 7.47. The highest BCUT2D eigenvalue weighted by Crippen LogP contribution is 2.27. The standard InChI is InChI=1S/C18H20FNO4/c1-12-3-8-16(17(9-12)23-2)24-11-18(22)20-10-15(21)13-4-6-14(19)7-5-13/h3-9,15,21H,10-11H2,1-2H3,(H,20,22). The number of rotatable bonds is 7. The number of halogens is 1. The summed E-state index contributed by atoms with van der Waals surface area (Å²) in [5.74, 6) is 0.265. The predicted octanol–water partition coefficient (Wildman–Crippen LogP) is 2.37. The summed E-state index contributed by atoms with van der Waals surface area (Å²) in [6, 6.07) is 10.9. The maximum atomic E-state index is 12.8. The molecule has 24 heavy (non-hydrogen) atoms. The van der Waals surface area contributed by atoms with Gasteiger partial charge in [0.05, 0.1) is 13.2 Å². The van der Waals surface area contributed by atoms with E-state index in [-0.39, 0.29) is 24.9 Å². The monoisotopic (exact) mass is 333 g/mol. The van der Waals surface area contributed by atoms with Crippen LogP contribution < -0.4 is 14.8 Å². The van der Waals surface area contributed by atoms with Gasteiger partial charge in [-0.3, -0.25) is 4.79 Å². The van der Waals surface area contributed by atoms with E-state index in [0.29, 0.717) is 17.1 Å². The van der Waals surface area contributed by atoms with Gasteiger partial charge in [-0.15, -0.1) is 0 Å². The molecule has 2 aromatic carbocycles. The molecule has 0 saturated heterocycles. The van der Waals surface area contributed by atoms with Crippen molar-refractivity contribution in [2.45, 2.75) is 13.0 Å². The fourth-order valence-corrected chi connectivity index (χ4v) is 2.10. The molecule has 0 radical (unpaired) electrons. The molecule has 0 saturated carbocycles. The summed E-state index contributed by atoms with van der Waals surface area (Å²) in [5.41, 5.74) is 1.55. The average molecular weight is 333 g/mol. The number of hydrogen-bond donors (Lipinski definition) is 2. The number of ether oxygens (including phenoxy) is 2. The van der Waals surface area contributed by atoms with Gasteiger partial charge in [-0.25, -0.2) is 4.39 Å². The Morgan fingerprint density at radius 3 is 2.58 bits per heavy atom. The van der Waals surface area contributed by atoms with E-state index in [9.17, 15) is 14.3 Å². The number of carbonyl (C=O) groups is 1. The van der Waals surface area contributed by atoms with Crippen LogP contribution in [0.2, 0.25) is 0 Å². The summed E-state index contributed by atoms with van der Waals surface area (Å²) < 4.78 is 23.5. The van der Waals surface area contributed by atoms with Crippen molar-refractivity contribution in [3.63, 3.8) is 0 Å². The van der Waals surface area contributed by atoms with Gasteiger partial charge in [0.25, 0.3) is 5.91 Å². The highest BCUT2D eigenvalue weighted by Gasteiger charge is 2.11. The molecule has 2 aromatic rings. The molecule has 0 fully saturated rings. The number of aryl methyl sites for hydroxylation is 1. The van der Waals surface area contributed by atoms with E-state index in [1.807, 2.05) is 19.1 Å². The lowest BCUT2D eigenvalue weighted by molar-refractivity contribution is -0.123. The van der Waals surface area contributed by atoms with Gasteiger partial charge in [-0.05, 0) is 42.3 Å². The summed E-state index contributed by atoms with van der Waals surface area (Å²) in [4.78, 5) is 11.8. The van der Waals surface area contributed by atoms with Gasteiger partial charge in [0.1, 0.15) is 5.82 Å². The molecule has 0 heterocycles. The molecule has 0 aliphatic carbocycles. The average Bonchev–Trinajstić information content (AvgIpc) is 2.59.